The third-order valence-electron chi connectivity index (χ3n) is 3.78. The van der Waals surface area contributed by atoms with E-state index in [2.05, 4.69) is 0 Å². The summed E-state index contributed by atoms with van der Waals surface area (Å²) in [4.78, 5) is 13.9. The van der Waals surface area contributed by atoms with Gasteiger partial charge in [0.2, 0.25) is 0 Å². The zero-order valence-electron chi connectivity index (χ0n) is 13.7. The largest absolute Gasteiger partial charge is 0.496 e. The van der Waals surface area contributed by atoms with Crippen molar-refractivity contribution in [2.24, 2.45) is 0 Å². The fourth-order valence-corrected chi connectivity index (χ4v) is 2.88. The lowest BCUT2D eigenvalue weighted by atomic mass is 9.89. The van der Waals surface area contributed by atoms with E-state index in [1.54, 1.807) is 12.0 Å². The highest BCUT2D eigenvalue weighted by atomic mass is 35.5. The third-order valence-corrected chi connectivity index (χ3v) is 4.02. The van der Waals surface area contributed by atoms with Crippen molar-refractivity contribution in [3.8, 4) is 5.75 Å². The maximum atomic E-state index is 12.1. The van der Waals surface area contributed by atoms with Gasteiger partial charge in [0.15, 0.2) is 0 Å². The SMILES string of the molecule is COc1cc(Cl)ccc1C1CCN(C(=O)OC(C)(C)C)CC1. The molecule has 1 amide bonds. The van der Waals surface area contributed by atoms with Crippen LogP contribution in [0.4, 0.5) is 4.79 Å². The number of amides is 1. The Morgan fingerprint density at radius 1 is 1.27 bits per heavy atom. The van der Waals surface area contributed by atoms with Gasteiger partial charge in [-0.2, -0.15) is 0 Å². The van der Waals surface area contributed by atoms with E-state index in [4.69, 9.17) is 21.1 Å². The maximum absolute atomic E-state index is 12.1. The Bertz CT molecular complexity index is 531. The van der Waals surface area contributed by atoms with Gasteiger partial charge in [0.25, 0.3) is 0 Å². The molecule has 1 aliphatic rings. The zero-order chi connectivity index (χ0) is 16.3. The lowest BCUT2D eigenvalue weighted by Gasteiger charge is -2.34. The number of nitrogens with zero attached hydrogens (tertiary/aromatic N) is 1. The average molecular weight is 326 g/mol. The molecular formula is C17H24ClNO3. The van der Waals surface area contributed by atoms with Gasteiger partial charge in [-0.25, -0.2) is 4.79 Å². The van der Waals surface area contributed by atoms with E-state index in [9.17, 15) is 4.79 Å². The van der Waals surface area contributed by atoms with Crippen molar-refractivity contribution in [2.75, 3.05) is 20.2 Å². The Morgan fingerprint density at radius 3 is 2.45 bits per heavy atom. The highest BCUT2D eigenvalue weighted by Crippen LogP contribution is 2.35. The summed E-state index contributed by atoms with van der Waals surface area (Å²) in [6.45, 7) is 7.05. The quantitative estimate of drug-likeness (QED) is 0.805. The van der Waals surface area contributed by atoms with Crippen LogP contribution in [0.15, 0.2) is 18.2 Å². The maximum Gasteiger partial charge on any atom is 0.410 e. The number of rotatable bonds is 2. The van der Waals surface area contributed by atoms with Crippen molar-refractivity contribution in [3.05, 3.63) is 28.8 Å². The minimum Gasteiger partial charge on any atom is -0.496 e. The van der Waals surface area contributed by atoms with Crippen LogP contribution in [-0.4, -0.2) is 36.8 Å². The van der Waals surface area contributed by atoms with E-state index < -0.39 is 5.60 Å². The Balaban J connectivity index is 1.99. The fraction of sp³-hybridized carbons (Fsp3) is 0.588. The Morgan fingerprint density at radius 2 is 1.91 bits per heavy atom. The van der Waals surface area contributed by atoms with Crippen molar-refractivity contribution in [2.45, 2.75) is 45.1 Å². The van der Waals surface area contributed by atoms with Crippen LogP contribution in [0.3, 0.4) is 0 Å². The van der Waals surface area contributed by atoms with Crippen LogP contribution in [-0.2, 0) is 4.74 Å². The number of piperidine rings is 1. The van der Waals surface area contributed by atoms with Crippen LogP contribution in [0.25, 0.3) is 0 Å². The number of hydrogen-bond donors (Lipinski definition) is 0. The van der Waals surface area contributed by atoms with E-state index in [0.717, 1.165) is 24.2 Å². The second-order valence-corrected chi connectivity index (χ2v) is 7.06. The van der Waals surface area contributed by atoms with Crippen LogP contribution >= 0.6 is 11.6 Å². The van der Waals surface area contributed by atoms with Crippen LogP contribution in [0, 0.1) is 0 Å². The molecule has 122 valence electrons. The molecule has 0 atom stereocenters. The summed E-state index contributed by atoms with van der Waals surface area (Å²) in [6.07, 6.45) is 1.57. The molecule has 0 unspecified atom stereocenters. The molecule has 0 aliphatic carbocycles. The molecule has 0 spiro atoms. The highest BCUT2D eigenvalue weighted by Gasteiger charge is 2.28. The van der Waals surface area contributed by atoms with Gasteiger partial charge in [0, 0.05) is 18.1 Å². The fourth-order valence-electron chi connectivity index (χ4n) is 2.72. The molecule has 0 aromatic heterocycles. The van der Waals surface area contributed by atoms with E-state index in [1.807, 2.05) is 39.0 Å². The first-order valence-corrected chi connectivity index (χ1v) is 7.99. The predicted octanol–water partition coefficient (Wildman–Crippen LogP) is 4.46. The topological polar surface area (TPSA) is 38.8 Å². The number of halogens is 1. The average Bonchev–Trinajstić information content (AvgIpc) is 2.45. The Hall–Kier alpha value is -1.42. The van der Waals surface area contributed by atoms with Gasteiger partial charge in [-0.3, -0.25) is 0 Å². The number of benzene rings is 1. The summed E-state index contributed by atoms with van der Waals surface area (Å²) in [5.74, 6) is 1.20. The molecule has 1 aromatic rings. The summed E-state index contributed by atoms with van der Waals surface area (Å²) >= 11 is 6.01. The first kappa shape index (κ1) is 16.9. The molecule has 1 heterocycles. The molecular weight excluding hydrogens is 302 g/mol. The van der Waals surface area contributed by atoms with Crippen molar-refractivity contribution >= 4 is 17.7 Å². The van der Waals surface area contributed by atoms with Gasteiger partial charge in [-0.1, -0.05) is 17.7 Å². The molecule has 1 aromatic carbocycles. The Labute approximate surface area is 137 Å². The van der Waals surface area contributed by atoms with Crippen LogP contribution < -0.4 is 4.74 Å². The van der Waals surface area contributed by atoms with Gasteiger partial charge in [0.05, 0.1) is 7.11 Å². The van der Waals surface area contributed by atoms with E-state index in [0.29, 0.717) is 24.0 Å². The van der Waals surface area contributed by atoms with Crippen molar-refractivity contribution in [1.29, 1.82) is 0 Å². The van der Waals surface area contributed by atoms with E-state index >= 15 is 0 Å². The second-order valence-electron chi connectivity index (χ2n) is 6.63. The van der Waals surface area contributed by atoms with Crippen LogP contribution in [0.5, 0.6) is 5.75 Å². The first-order valence-electron chi connectivity index (χ1n) is 7.61. The lowest BCUT2D eigenvalue weighted by Crippen LogP contribution is -2.41. The zero-order valence-corrected chi connectivity index (χ0v) is 14.4. The predicted molar refractivity (Wildman–Crippen MR) is 87.8 cm³/mol. The number of likely N-dealkylation sites (tertiary alicyclic amines) is 1. The van der Waals surface area contributed by atoms with Crippen molar-refractivity contribution in [1.82, 2.24) is 4.90 Å². The van der Waals surface area contributed by atoms with Crippen molar-refractivity contribution in [3.63, 3.8) is 0 Å². The first-order chi connectivity index (χ1) is 10.3. The number of carbonyl (C=O) groups is 1. The minimum atomic E-state index is -0.451. The molecule has 1 aliphatic heterocycles. The molecule has 0 radical (unpaired) electrons. The normalized spacial score (nSPS) is 16.5. The molecule has 0 N–H and O–H groups in total. The second kappa shape index (κ2) is 6.78. The summed E-state index contributed by atoms with van der Waals surface area (Å²) in [5, 5.41) is 0.673. The smallest absolute Gasteiger partial charge is 0.410 e. The molecule has 1 saturated heterocycles. The molecule has 22 heavy (non-hydrogen) atoms. The van der Waals surface area contributed by atoms with Crippen LogP contribution in [0.1, 0.15) is 45.1 Å². The number of ether oxygens (including phenoxy) is 2. The molecule has 0 saturated carbocycles. The molecule has 2 rings (SSSR count). The van der Waals surface area contributed by atoms with E-state index in [1.165, 1.54) is 0 Å². The third kappa shape index (κ3) is 4.29. The Kier molecular flexibility index (Phi) is 5.22. The molecule has 5 heteroatoms. The van der Waals surface area contributed by atoms with Crippen LogP contribution in [0.2, 0.25) is 5.02 Å². The summed E-state index contributed by atoms with van der Waals surface area (Å²) in [6, 6.07) is 5.76. The molecule has 4 nitrogen and oxygen atoms in total. The van der Waals surface area contributed by atoms with Crippen molar-refractivity contribution < 1.29 is 14.3 Å². The van der Waals surface area contributed by atoms with Gasteiger partial charge in [-0.05, 0) is 57.2 Å². The van der Waals surface area contributed by atoms with Gasteiger partial charge >= 0.3 is 6.09 Å². The van der Waals surface area contributed by atoms with E-state index in [-0.39, 0.29) is 6.09 Å². The summed E-state index contributed by atoms with van der Waals surface area (Å²) in [7, 11) is 1.66. The minimum absolute atomic E-state index is 0.228. The number of carbonyl (C=O) groups excluding carboxylic acids is 1. The standard InChI is InChI=1S/C17H24ClNO3/c1-17(2,3)22-16(20)19-9-7-12(8-10-19)14-6-5-13(18)11-15(14)21-4/h5-6,11-12H,7-10H2,1-4H3. The number of hydrogen-bond acceptors (Lipinski definition) is 3. The number of methoxy groups -OCH3 is 1. The summed E-state index contributed by atoms with van der Waals surface area (Å²) < 4.78 is 10.9. The lowest BCUT2D eigenvalue weighted by molar-refractivity contribution is 0.0204. The van der Waals surface area contributed by atoms with Gasteiger partial charge in [0.1, 0.15) is 11.4 Å². The molecule has 1 fully saturated rings. The highest BCUT2D eigenvalue weighted by molar-refractivity contribution is 6.30. The van der Waals surface area contributed by atoms with Gasteiger partial charge in [-0.15, -0.1) is 0 Å². The summed E-state index contributed by atoms with van der Waals surface area (Å²) in [5.41, 5.74) is 0.712. The van der Waals surface area contributed by atoms with Gasteiger partial charge < -0.3 is 14.4 Å². The monoisotopic (exact) mass is 325 g/mol. The molecule has 0 bridgehead atoms.